The summed E-state index contributed by atoms with van der Waals surface area (Å²) < 4.78 is 19.5. The minimum atomic E-state index is -0.982. The molecule has 1 N–H and O–H groups in total. The molecule has 0 saturated heterocycles. The SMILES string of the molecule is C=C(C1CCC(c2ccc(OCC(=O)O)cc2)C1)[C@H](C)c1ccc(F)c2ccccc12. The summed E-state index contributed by atoms with van der Waals surface area (Å²) in [6.45, 7) is 6.29. The highest BCUT2D eigenvalue weighted by Gasteiger charge is 2.30. The van der Waals surface area contributed by atoms with Gasteiger partial charge in [0.15, 0.2) is 6.61 Å². The molecule has 1 fully saturated rings. The largest absolute Gasteiger partial charge is 0.482 e. The number of halogens is 1. The minimum Gasteiger partial charge on any atom is -0.482 e. The molecule has 0 spiro atoms. The first-order chi connectivity index (χ1) is 14.9. The molecule has 0 heterocycles. The van der Waals surface area contributed by atoms with Crippen LogP contribution in [-0.4, -0.2) is 17.7 Å². The van der Waals surface area contributed by atoms with Crippen LogP contribution in [0.25, 0.3) is 10.8 Å². The Bertz CT molecular complexity index is 1100. The molecule has 0 radical (unpaired) electrons. The van der Waals surface area contributed by atoms with E-state index in [0.717, 1.165) is 30.2 Å². The van der Waals surface area contributed by atoms with E-state index in [2.05, 4.69) is 13.5 Å². The monoisotopic (exact) mass is 418 g/mol. The first-order valence-electron chi connectivity index (χ1n) is 10.7. The Labute approximate surface area is 182 Å². The number of rotatable bonds is 7. The maximum atomic E-state index is 14.2. The molecule has 31 heavy (non-hydrogen) atoms. The summed E-state index contributed by atoms with van der Waals surface area (Å²) in [4.78, 5) is 10.6. The van der Waals surface area contributed by atoms with Gasteiger partial charge in [0.25, 0.3) is 0 Å². The molecular weight excluding hydrogens is 391 g/mol. The van der Waals surface area contributed by atoms with Crippen molar-refractivity contribution in [2.45, 2.75) is 38.0 Å². The Hall–Kier alpha value is -3.14. The molecule has 1 aliphatic carbocycles. The van der Waals surface area contributed by atoms with Gasteiger partial charge in [-0.2, -0.15) is 0 Å². The smallest absolute Gasteiger partial charge is 0.341 e. The zero-order valence-electron chi connectivity index (χ0n) is 17.7. The summed E-state index contributed by atoms with van der Waals surface area (Å²) in [5.74, 6) is 0.431. The van der Waals surface area contributed by atoms with Gasteiger partial charge in [-0.1, -0.05) is 61.5 Å². The second-order valence-electron chi connectivity index (χ2n) is 8.44. The number of hydrogen-bond donors (Lipinski definition) is 1. The van der Waals surface area contributed by atoms with Crippen molar-refractivity contribution < 1.29 is 19.0 Å². The van der Waals surface area contributed by atoms with Gasteiger partial charge in [0.2, 0.25) is 0 Å². The van der Waals surface area contributed by atoms with Gasteiger partial charge in [-0.25, -0.2) is 9.18 Å². The third-order valence-electron chi connectivity index (χ3n) is 6.60. The van der Waals surface area contributed by atoms with Crippen molar-refractivity contribution in [2.75, 3.05) is 6.61 Å². The summed E-state index contributed by atoms with van der Waals surface area (Å²) in [6.07, 6.45) is 3.22. The zero-order valence-corrected chi connectivity index (χ0v) is 17.7. The second kappa shape index (κ2) is 8.93. The van der Waals surface area contributed by atoms with Gasteiger partial charge in [0, 0.05) is 11.3 Å². The highest BCUT2D eigenvalue weighted by molar-refractivity contribution is 5.87. The van der Waals surface area contributed by atoms with Gasteiger partial charge >= 0.3 is 5.97 Å². The van der Waals surface area contributed by atoms with Crippen LogP contribution in [0.2, 0.25) is 0 Å². The van der Waals surface area contributed by atoms with Crippen LogP contribution < -0.4 is 4.74 Å². The van der Waals surface area contributed by atoms with Crippen molar-refractivity contribution in [3.63, 3.8) is 0 Å². The van der Waals surface area contributed by atoms with E-state index < -0.39 is 5.97 Å². The van der Waals surface area contributed by atoms with Crippen molar-refractivity contribution in [3.8, 4) is 5.75 Å². The number of carbonyl (C=O) groups is 1. The average molecular weight is 419 g/mol. The average Bonchev–Trinajstić information content (AvgIpc) is 3.28. The lowest BCUT2D eigenvalue weighted by Crippen LogP contribution is -2.09. The van der Waals surface area contributed by atoms with E-state index in [9.17, 15) is 9.18 Å². The molecule has 3 aromatic rings. The molecule has 0 aliphatic heterocycles. The van der Waals surface area contributed by atoms with Crippen molar-refractivity contribution in [2.24, 2.45) is 5.92 Å². The number of fused-ring (bicyclic) bond motifs is 1. The lowest BCUT2D eigenvalue weighted by molar-refractivity contribution is -0.139. The van der Waals surface area contributed by atoms with E-state index in [0.29, 0.717) is 23.0 Å². The van der Waals surface area contributed by atoms with Crippen molar-refractivity contribution in [1.29, 1.82) is 0 Å². The molecule has 3 nitrogen and oxygen atoms in total. The molecule has 4 heteroatoms. The van der Waals surface area contributed by atoms with Gasteiger partial charge in [-0.15, -0.1) is 0 Å². The normalized spacial score (nSPS) is 19.3. The Kier molecular flexibility index (Phi) is 6.08. The van der Waals surface area contributed by atoms with Crippen LogP contribution in [0.3, 0.4) is 0 Å². The fourth-order valence-corrected chi connectivity index (χ4v) is 4.82. The van der Waals surface area contributed by atoms with E-state index in [1.165, 1.54) is 11.1 Å². The molecule has 2 unspecified atom stereocenters. The number of carboxylic acid groups (broad SMARTS) is 1. The van der Waals surface area contributed by atoms with Crippen molar-refractivity contribution in [1.82, 2.24) is 0 Å². The van der Waals surface area contributed by atoms with Crippen LogP contribution in [0.15, 0.2) is 72.8 Å². The van der Waals surface area contributed by atoms with E-state index >= 15 is 0 Å². The number of hydrogen-bond acceptors (Lipinski definition) is 2. The molecule has 160 valence electrons. The Balaban J connectivity index is 1.45. The summed E-state index contributed by atoms with van der Waals surface area (Å²) in [7, 11) is 0. The minimum absolute atomic E-state index is 0.154. The van der Waals surface area contributed by atoms with Crippen LogP contribution in [0.5, 0.6) is 5.75 Å². The maximum absolute atomic E-state index is 14.2. The molecule has 0 bridgehead atoms. The first kappa shape index (κ1) is 21.1. The lowest BCUT2D eigenvalue weighted by atomic mass is 9.82. The Morgan fingerprint density at radius 1 is 1.10 bits per heavy atom. The van der Waals surface area contributed by atoms with E-state index in [1.54, 1.807) is 6.07 Å². The summed E-state index contributed by atoms with van der Waals surface area (Å²) in [5.41, 5.74) is 3.59. The van der Waals surface area contributed by atoms with Crippen molar-refractivity contribution >= 4 is 16.7 Å². The standard InChI is InChI=1S/C27H27FO3/c1-17(18(2)23-13-14-26(28)25-6-4-3-5-24(23)25)20-7-8-21(15-20)19-9-11-22(12-10-19)31-16-27(29)30/h3-6,9-14,18,20-21H,1,7-8,15-16H2,2H3,(H,29,30)/t18-,20?,21?/m0/s1. The van der Waals surface area contributed by atoms with Crippen LogP contribution in [-0.2, 0) is 4.79 Å². The number of ether oxygens (including phenoxy) is 1. The van der Waals surface area contributed by atoms with Gasteiger partial charge in [0.05, 0.1) is 0 Å². The lowest BCUT2D eigenvalue weighted by Gasteiger charge is -2.23. The predicted octanol–water partition coefficient (Wildman–Crippen LogP) is 6.69. The number of aliphatic carboxylic acids is 1. The molecule has 0 amide bonds. The highest BCUT2D eigenvalue weighted by atomic mass is 19.1. The number of benzene rings is 3. The summed E-state index contributed by atoms with van der Waals surface area (Å²) in [5, 5.41) is 10.4. The topological polar surface area (TPSA) is 46.5 Å². The fourth-order valence-electron chi connectivity index (χ4n) is 4.82. The molecule has 3 atom stereocenters. The first-order valence-corrected chi connectivity index (χ1v) is 10.7. The van der Waals surface area contributed by atoms with E-state index in [-0.39, 0.29) is 18.3 Å². The van der Waals surface area contributed by atoms with E-state index in [4.69, 9.17) is 9.84 Å². The van der Waals surface area contributed by atoms with Crippen LogP contribution in [0.1, 0.15) is 49.1 Å². The van der Waals surface area contributed by atoms with Gasteiger partial charge in [-0.05, 0) is 65.8 Å². The highest BCUT2D eigenvalue weighted by Crippen LogP contribution is 2.45. The molecule has 1 saturated carbocycles. The molecule has 0 aromatic heterocycles. The van der Waals surface area contributed by atoms with Crippen LogP contribution in [0, 0.1) is 11.7 Å². The van der Waals surface area contributed by atoms with Gasteiger partial charge < -0.3 is 9.84 Å². The third kappa shape index (κ3) is 4.48. The molecular formula is C27H27FO3. The summed E-state index contributed by atoms with van der Waals surface area (Å²) in [6, 6.07) is 18.9. The number of allylic oxidation sites excluding steroid dienone is 1. The predicted molar refractivity (Wildman–Crippen MR) is 121 cm³/mol. The molecule has 3 aromatic carbocycles. The summed E-state index contributed by atoms with van der Waals surface area (Å²) >= 11 is 0. The van der Waals surface area contributed by atoms with Crippen molar-refractivity contribution in [3.05, 3.63) is 89.8 Å². The van der Waals surface area contributed by atoms with Crippen LogP contribution >= 0.6 is 0 Å². The third-order valence-corrected chi connectivity index (χ3v) is 6.60. The van der Waals surface area contributed by atoms with Crippen LogP contribution in [0.4, 0.5) is 4.39 Å². The molecule has 4 rings (SSSR count). The fraction of sp³-hybridized carbons (Fsp3) is 0.296. The Morgan fingerprint density at radius 2 is 1.81 bits per heavy atom. The zero-order chi connectivity index (χ0) is 22.0. The van der Waals surface area contributed by atoms with Gasteiger partial charge in [-0.3, -0.25) is 0 Å². The molecule has 1 aliphatic rings. The van der Waals surface area contributed by atoms with E-state index in [1.807, 2.05) is 54.6 Å². The number of carboxylic acids is 1. The maximum Gasteiger partial charge on any atom is 0.341 e. The quantitative estimate of drug-likeness (QED) is 0.435. The Morgan fingerprint density at radius 3 is 2.52 bits per heavy atom. The second-order valence-corrected chi connectivity index (χ2v) is 8.44. The van der Waals surface area contributed by atoms with Gasteiger partial charge in [0.1, 0.15) is 11.6 Å².